The Balaban J connectivity index is 2.11. The number of carbonyl (C=O) groups is 1. The topological polar surface area (TPSA) is 35.5 Å². The highest BCUT2D eigenvalue weighted by atomic mass is 16.5. The molecular weight excluding hydrogens is 240 g/mol. The van der Waals surface area contributed by atoms with Gasteiger partial charge < -0.3 is 9.47 Å². The number of benzene rings is 1. The molecule has 2 rings (SSSR count). The number of carbonyl (C=O) groups excluding carboxylic acids is 1. The van der Waals surface area contributed by atoms with E-state index in [9.17, 15) is 4.79 Å². The summed E-state index contributed by atoms with van der Waals surface area (Å²) < 4.78 is 10.5. The van der Waals surface area contributed by atoms with E-state index in [1.165, 1.54) is 12.8 Å². The van der Waals surface area contributed by atoms with Crippen molar-refractivity contribution in [3.8, 4) is 11.5 Å². The van der Waals surface area contributed by atoms with Crippen molar-refractivity contribution in [1.82, 2.24) is 0 Å². The average Bonchev–Trinajstić information content (AvgIpc) is 2.64. The van der Waals surface area contributed by atoms with Crippen molar-refractivity contribution in [1.29, 1.82) is 0 Å². The molecule has 0 radical (unpaired) electrons. The highest BCUT2D eigenvalue weighted by molar-refractivity contribution is 5.81. The fraction of sp³-hybridized carbons (Fsp3) is 0.562. The molecule has 1 unspecified atom stereocenters. The summed E-state index contributed by atoms with van der Waals surface area (Å²) in [6.45, 7) is 0. The third-order valence-corrected chi connectivity index (χ3v) is 3.86. The van der Waals surface area contributed by atoms with Gasteiger partial charge in [-0.2, -0.15) is 0 Å². The smallest absolute Gasteiger partial charge is 0.160 e. The van der Waals surface area contributed by atoms with Gasteiger partial charge in [0.15, 0.2) is 11.5 Å². The van der Waals surface area contributed by atoms with E-state index in [2.05, 4.69) is 0 Å². The monoisotopic (exact) mass is 262 g/mol. The van der Waals surface area contributed by atoms with Crippen LogP contribution in [0.4, 0.5) is 0 Å². The normalized spacial score (nSPS) is 19.9. The molecule has 1 fully saturated rings. The molecule has 0 aliphatic heterocycles. The van der Waals surface area contributed by atoms with Crippen molar-refractivity contribution >= 4 is 5.78 Å². The Morgan fingerprint density at radius 3 is 2.63 bits per heavy atom. The molecule has 1 aliphatic rings. The first-order chi connectivity index (χ1) is 9.24. The van der Waals surface area contributed by atoms with E-state index in [0.29, 0.717) is 5.78 Å². The summed E-state index contributed by atoms with van der Waals surface area (Å²) in [5.41, 5.74) is 1.15. The molecule has 0 aromatic heterocycles. The Morgan fingerprint density at radius 2 is 1.89 bits per heavy atom. The van der Waals surface area contributed by atoms with Gasteiger partial charge in [0, 0.05) is 12.3 Å². The van der Waals surface area contributed by atoms with Gasteiger partial charge in [-0.05, 0) is 37.0 Å². The van der Waals surface area contributed by atoms with Crippen molar-refractivity contribution in [2.75, 3.05) is 14.2 Å². The summed E-state index contributed by atoms with van der Waals surface area (Å²) in [5.74, 6) is 2.08. The highest BCUT2D eigenvalue weighted by Gasteiger charge is 2.21. The number of Topliss-reactive ketones (excluding diaryl/α,β-unsaturated/α-hetero) is 1. The zero-order chi connectivity index (χ0) is 13.7. The van der Waals surface area contributed by atoms with Gasteiger partial charge in [-0.1, -0.05) is 18.9 Å². The van der Waals surface area contributed by atoms with E-state index < -0.39 is 0 Å². The molecule has 1 aliphatic carbocycles. The van der Waals surface area contributed by atoms with Crippen LogP contribution in [0.2, 0.25) is 0 Å². The lowest BCUT2D eigenvalue weighted by Gasteiger charge is -2.14. The summed E-state index contributed by atoms with van der Waals surface area (Å²) in [7, 11) is 3.27. The second kappa shape index (κ2) is 6.60. The fourth-order valence-electron chi connectivity index (χ4n) is 2.74. The number of hydrogen-bond acceptors (Lipinski definition) is 3. The van der Waals surface area contributed by atoms with E-state index in [1.54, 1.807) is 14.2 Å². The molecular formula is C16H22O3. The Bertz CT molecular complexity index is 440. The van der Waals surface area contributed by atoms with Gasteiger partial charge in [0.1, 0.15) is 5.78 Å². The van der Waals surface area contributed by atoms with Gasteiger partial charge in [0.05, 0.1) is 14.2 Å². The van der Waals surface area contributed by atoms with Crippen LogP contribution in [0.15, 0.2) is 18.2 Å². The van der Waals surface area contributed by atoms with E-state index in [4.69, 9.17) is 9.47 Å². The molecule has 19 heavy (non-hydrogen) atoms. The maximum Gasteiger partial charge on any atom is 0.160 e. The van der Waals surface area contributed by atoms with E-state index in [1.807, 2.05) is 18.2 Å². The first-order valence-electron chi connectivity index (χ1n) is 6.98. The fourth-order valence-corrected chi connectivity index (χ4v) is 2.74. The van der Waals surface area contributed by atoms with Crippen molar-refractivity contribution < 1.29 is 14.3 Å². The molecule has 0 bridgehead atoms. The zero-order valence-corrected chi connectivity index (χ0v) is 11.8. The number of ketones is 1. The third-order valence-electron chi connectivity index (χ3n) is 3.86. The van der Waals surface area contributed by atoms with Crippen LogP contribution in [0.3, 0.4) is 0 Å². The number of hydrogen-bond donors (Lipinski definition) is 0. The second-order valence-corrected chi connectivity index (χ2v) is 5.16. The Labute approximate surface area is 114 Å². The lowest BCUT2D eigenvalue weighted by Crippen LogP contribution is -2.15. The van der Waals surface area contributed by atoms with E-state index in [-0.39, 0.29) is 5.92 Å². The molecule has 1 aromatic rings. The van der Waals surface area contributed by atoms with Crippen molar-refractivity contribution in [2.45, 2.75) is 38.5 Å². The third kappa shape index (κ3) is 3.49. The average molecular weight is 262 g/mol. The molecule has 0 heterocycles. The van der Waals surface area contributed by atoms with Crippen molar-refractivity contribution in [2.24, 2.45) is 5.92 Å². The molecule has 0 N–H and O–H groups in total. The summed E-state index contributed by atoms with van der Waals surface area (Å²) in [6.07, 6.45) is 6.00. The number of rotatable bonds is 4. The van der Waals surface area contributed by atoms with Crippen LogP contribution in [0.25, 0.3) is 0 Å². The van der Waals surface area contributed by atoms with Crippen LogP contribution in [0, 0.1) is 5.92 Å². The van der Waals surface area contributed by atoms with Gasteiger partial charge in [-0.25, -0.2) is 0 Å². The summed E-state index contributed by atoms with van der Waals surface area (Å²) >= 11 is 0. The summed E-state index contributed by atoms with van der Waals surface area (Å²) in [6, 6.07) is 5.92. The van der Waals surface area contributed by atoms with Gasteiger partial charge in [-0.3, -0.25) is 4.79 Å². The molecule has 1 saturated carbocycles. The Hall–Kier alpha value is -1.51. The molecule has 0 spiro atoms. The van der Waals surface area contributed by atoms with Crippen LogP contribution in [-0.4, -0.2) is 20.0 Å². The molecule has 3 heteroatoms. The summed E-state index contributed by atoms with van der Waals surface area (Å²) in [5, 5.41) is 0. The molecule has 1 aromatic carbocycles. The largest absolute Gasteiger partial charge is 0.493 e. The van der Waals surface area contributed by atoms with Gasteiger partial charge in [0.2, 0.25) is 0 Å². The second-order valence-electron chi connectivity index (χ2n) is 5.16. The lowest BCUT2D eigenvalue weighted by atomic mass is 9.91. The highest BCUT2D eigenvalue weighted by Crippen LogP contribution is 2.30. The van der Waals surface area contributed by atoms with Crippen LogP contribution in [0.1, 0.15) is 37.7 Å². The lowest BCUT2D eigenvalue weighted by molar-refractivity contribution is -0.122. The first-order valence-corrected chi connectivity index (χ1v) is 6.98. The molecule has 1 atom stereocenters. The minimum Gasteiger partial charge on any atom is -0.493 e. The van der Waals surface area contributed by atoms with E-state index in [0.717, 1.165) is 42.7 Å². The minimum absolute atomic E-state index is 0.181. The van der Waals surface area contributed by atoms with Crippen LogP contribution >= 0.6 is 0 Å². The number of ether oxygens (including phenoxy) is 2. The standard InChI is InChI=1S/C16H22O3/c1-18-15-9-8-12(11-16(15)19-2)10-13-6-4-3-5-7-14(13)17/h8-9,11,13H,3-7,10H2,1-2H3. The first kappa shape index (κ1) is 13.9. The SMILES string of the molecule is COc1ccc(CC2CCCCCC2=O)cc1OC. The quantitative estimate of drug-likeness (QED) is 0.780. The maximum absolute atomic E-state index is 12.0. The predicted molar refractivity (Wildman–Crippen MR) is 74.8 cm³/mol. The van der Waals surface area contributed by atoms with Crippen LogP contribution < -0.4 is 9.47 Å². The van der Waals surface area contributed by atoms with Crippen LogP contribution in [0.5, 0.6) is 11.5 Å². The molecule has 0 amide bonds. The maximum atomic E-state index is 12.0. The Kier molecular flexibility index (Phi) is 4.83. The van der Waals surface area contributed by atoms with Gasteiger partial charge in [-0.15, -0.1) is 0 Å². The summed E-state index contributed by atoms with van der Waals surface area (Å²) in [4.78, 5) is 12.0. The van der Waals surface area contributed by atoms with Crippen molar-refractivity contribution in [3.05, 3.63) is 23.8 Å². The Morgan fingerprint density at radius 1 is 1.11 bits per heavy atom. The molecule has 0 saturated heterocycles. The van der Waals surface area contributed by atoms with Gasteiger partial charge >= 0.3 is 0 Å². The molecule has 3 nitrogen and oxygen atoms in total. The van der Waals surface area contributed by atoms with E-state index >= 15 is 0 Å². The zero-order valence-electron chi connectivity index (χ0n) is 11.8. The number of methoxy groups -OCH3 is 2. The minimum atomic E-state index is 0.181. The van der Waals surface area contributed by atoms with Crippen molar-refractivity contribution in [3.63, 3.8) is 0 Å². The molecule has 104 valence electrons. The van der Waals surface area contributed by atoms with Crippen LogP contribution in [-0.2, 0) is 11.2 Å². The predicted octanol–water partition coefficient (Wildman–Crippen LogP) is 3.40. The van der Waals surface area contributed by atoms with Gasteiger partial charge in [0.25, 0.3) is 0 Å².